The van der Waals surface area contributed by atoms with Crippen LogP contribution in [0.15, 0.2) is 72.9 Å². The van der Waals surface area contributed by atoms with Crippen LogP contribution in [0.25, 0.3) is 12.2 Å². The molecule has 164 valence electrons. The molecule has 0 aromatic heterocycles. The van der Waals surface area contributed by atoms with E-state index in [0.717, 1.165) is 16.8 Å². The molecule has 0 unspecified atom stereocenters. The van der Waals surface area contributed by atoms with E-state index in [2.05, 4.69) is 5.32 Å². The Kier molecular flexibility index (Phi) is 7.54. The first-order valence-electron chi connectivity index (χ1n) is 9.95. The Morgan fingerprint density at radius 2 is 1.47 bits per heavy atom. The van der Waals surface area contributed by atoms with Crippen molar-refractivity contribution in [3.8, 4) is 17.2 Å². The van der Waals surface area contributed by atoms with Crippen molar-refractivity contribution in [3.63, 3.8) is 0 Å². The third kappa shape index (κ3) is 5.49. The van der Waals surface area contributed by atoms with E-state index >= 15 is 0 Å². The number of allylic oxidation sites excluding steroid dienone is 1. The summed E-state index contributed by atoms with van der Waals surface area (Å²) in [5, 5.41) is 3.10. The van der Waals surface area contributed by atoms with Crippen LogP contribution < -0.4 is 25.3 Å². The molecule has 0 saturated heterocycles. The van der Waals surface area contributed by atoms with E-state index < -0.39 is 0 Å². The first-order valence-corrected chi connectivity index (χ1v) is 9.95. The summed E-state index contributed by atoms with van der Waals surface area (Å²) in [7, 11) is 4.76. The predicted molar refractivity (Wildman–Crippen MR) is 129 cm³/mol. The molecular weight excluding hydrogens is 404 g/mol. The Hall–Kier alpha value is -4.19. The number of rotatable bonds is 9. The number of ketones is 1. The highest BCUT2D eigenvalue weighted by molar-refractivity contribution is 6.08. The number of benzene rings is 3. The maximum absolute atomic E-state index is 12.2. The number of hydrogen-bond acceptors (Lipinski definition) is 6. The van der Waals surface area contributed by atoms with Crippen LogP contribution in [0.3, 0.4) is 0 Å². The minimum atomic E-state index is -0.152. The number of para-hydroxylation sites is 1. The van der Waals surface area contributed by atoms with Crippen molar-refractivity contribution in [1.29, 1.82) is 0 Å². The molecule has 32 heavy (non-hydrogen) atoms. The monoisotopic (exact) mass is 430 g/mol. The summed E-state index contributed by atoms with van der Waals surface area (Å²) in [5.74, 6) is 1.61. The average Bonchev–Trinajstić information content (AvgIpc) is 2.82. The molecule has 3 N–H and O–H groups in total. The van der Waals surface area contributed by atoms with Gasteiger partial charge in [-0.05, 0) is 47.5 Å². The number of nitrogens with two attached hydrogens (primary N) is 1. The molecule has 0 aliphatic heterocycles. The third-order valence-electron chi connectivity index (χ3n) is 4.78. The van der Waals surface area contributed by atoms with Crippen LogP contribution >= 0.6 is 0 Å². The van der Waals surface area contributed by atoms with Crippen molar-refractivity contribution in [1.82, 2.24) is 0 Å². The summed E-state index contributed by atoms with van der Waals surface area (Å²) in [5.41, 5.74) is 9.58. The predicted octanol–water partition coefficient (Wildman–Crippen LogP) is 5.27. The van der Waals surface area contributed by atoms with Crippen molar-refractivity contribution in [2.75, 3.05) is 32.4 Å². The molecule has 0 spiro atoms. The Balaban J connectivity index is 1.65. The third-order valence-corrected chi connectivity index (χ3v) is 4.78. The first kappa shape index (κ1) is 22.5. The van der Waals surface area contributed by atoms with Crippen molar-refractivity contribution in [3.05, 3.63) is 89.6 Å². The lowest BCUT2D eigenvalue weighted by atomic mass is 10.1. The number of nitrogens with one attached hydrogen (secondary N) is 1. The summed E-state index contributed by atoms with van der Waals surface area (Å²) in [4.78, 5) is 12.2. The Morgan fingerprint density at radius 3 is 2.06 bits per heavy atom. The van der Waals surface area contributed by atoms with E-state index in [-0.39, 0.29) is 5.78 Å². The van der Waals surface area contributed by atoms with Gasteiger partial charge in [-0.15, -0.1) is 0 Å². The quantitative estimate of drug-likeness (QED) is 0.208. The van der Waals surface area contributed by atoms with Gasteiger partial charge in [0.25, 0.3) is 0 Å². The number of carbonyl (C=O) groups is 1. The Morgan fingerprint density at radius 1 is 0.844 bits per heavy atom. The van der Waals surface area contributed by atoms with E-state index in [1.165, 1.54) is 6.08 Å². The topological polar surface area (TPSA) is 82.8 Å². The fraction of sp³-hybridized carbons (Fsp3) is 0.115. The maximum Gasteiger partial charge on any atom is 0.203 e. The Labute approximate surface area is 187 Å². The summed E-state index contributed by atoms with van der Waals surface area (Å²) in [6.07, 6.45) is 7.03. The molecule has 3 aromatic carbocycles. The van der Waals surface area contributed by atoms with Gasteiger partial charge < -0.3 is 25.3 Å². The highest BCUT2D eigenvalue weighted by Crippen LogP contribution is 2.38. The van der Waals surface area contributed by atoms with Crippen LogP contribution in [-0.4, -0.2) is 27.1 Å². The highest BCUT2D eigenvalue weighted by atomic mass is 16.5. The molecule has 0 radical (unpaired) electrons. The molecule has 0 atom stereocenters. The minimum Gasteiger partial charge on any atom is -0.493 e. The lowest BCUT2D eigenvalue weighted by Crippen LogP contribution is -2.01. The van der Waals surface area contributed by atoms with E-state index in [4.69, 9.17) is 19.9 Å². The average molecular weight is 431 g/mol. The molecule has 0 fully saturated rings. The van der Waals surface area contributed by atoms with Gasteiger partial charge in [-0.2, -0.15) is 0 Å². The number of carbonyl (C=O) groups excluding carboxylic acids is 1. The zero-order chi connectivity index (χ0) is 22.9. The molecule has 0 heterocycles. The van der Waals surface area contributed by atoms with Crippen LogP contribution in [0.5, 0.6) is 17.2 Å². The second-order valence-corrected chi connectivity index (χ2v) is 6.84. The second kappa shape index (κ2) is 10.7. The van der Waals surface area contributed by atoms with Crippen LogP contribution in [-0.2, 0) is 0 Å². The summed E-state index contributed by atoms with van der Waals surface area (Å²) in [6, 6.07) is 18.6. The van der Waals surface area contributed by atoms with Gasteiger partial charge in [0.15, 0.2) is 17.3 Å². The molecule has 0 bridgehead atoms. The molecule has 3 aromatic rings. The number of anilines is 2. The molecule has 0 aliphatic carbocycles. The van der Waals surface area contributed by atoms with Gasteiger partial charge in [0.1, 0.15) is 0 Å². The second-order valence-electron chi connectivity index (χ2n) is 6.84. The summed E-state index contributed by atoms with van der Waals surface area (Å²) < 4.78 is 16.1. The fourth-order valence-electron chi connectivity index (χ4n) is 3.11. The zero-order valence-corrected chi connectivity index (χ0v) is 18.3. The van der Waals surface area contributed by atoms with Gasteiger partial charge in [0, 0.05) is 29.2 Å². The number of nitrogen functional groups attached to an aromatic ring is 1. The molecular formula is C26H26N2O4. The Bertz CT molecular complexity index is 1110. The van der Waals surface area contributed by atoms with Gasteiger partial charge in [-0.3, -0.25) is 4.79 Å². The van der Waals surface area contributed by atoms with Gasteiger partial charge in [0.2, 0.25) is 5.75 Å². The number of hydrogen-bond donors (Lipinski definition) is 2. The van der Waals surface area contributed by atoms with E-state index in [0.29, 0.717) is 28.5 Å². The van der Waals surface area contributed by atoms with Gasteiger partial charge in [-0.25, -0.2) is 0 Å². The van der Waals surface area contributed by atoms with Crippen molar-refractivity contribution in [2.45, 2.75) is 0 Å². The van der Waals surface area contributed by atoms with Crippen molar-refractivity contribution in [2.24, 2.45) is 0 Å². The summed E-state index contributed by atoms with van der Waals surface area (Å²) >= 11 is 0. The van der Waals surface area contributed by atoms with Crippen LogP contribution in [0, 0.1) is 0 Å². The first-order chi connectivity index (χ1) is 15.5. The van der Waals surface area contributed by atoms with Crippen LogP contribution in [0.4, 0.5) is 11.4 Å². The molecule has 0 saturated carbocycles. The van der Waals surface area contributed by atoms with Crippen molar-refractivity contribution >= 4 is 29.3 Å². The number of ether oxygens (including phenoxy) is 3. The standard InChI is InChI=1S/C26H26N2O4/c1-30-24-16-19(17-25(31-2)26(24)32-3)9-8-18-10-12-20(13-11-18)28-15-14-23(29)21-6-4-5-7-22(21)27/h4-17,28H,27H2,1-3H3. The minimum absolute atomic E-state index is 0.152. The maximum atomic E-state index is 12.2. The van der Waals surface area contributed by atoms with Gasteiger partial charge in [0.05, 0.1) is 21.3 Å². The largest absolute Gasteiger partial charge is 0.493 e. The lowest BCUT2D eigenvalue weighted by Gasteiger charge is -2.12. The van der Waals surface area contributed by atoms with E-state index in [1.54, 1.807) is 51.8 Å². The zero-order valence-electron chi connectivity index (χ0n) is 18.3. The molecule has 0 aliphatic rings. The van der Waals surface area contributed by atoms with Crippen LogP contribution in [0.2, 0.25) is 0 Å². The van der Waals surface area contributed by atoms with E-state index in [9.17, 15) is 4.79 Å². The molecule has 0 amide bonds. The molecule has 6 heteroatoms. The number of methoxy groups -OCH3 is 3. The lowest BCUT2D eigenvalue weighted by molar-refractivity contribution is 0.104. The molecule has 3 rings (SSSR count). The van der Waals surface area contributed by atoms with E-state index in [1.807, 2.05) is 48.6 Å². The summed E-state index contributed by atoms with van der Waals surface area (Å²) in [6.45, 7) is 0. The molecule has 6 nitrogen and oxygen atoms in total. The normalized spacial score (nSPS) is 11.0. The van der Waals surface area contributed by atoms with Gasteiger partial charge >= 0.3 is 0 Å². The SMILES string of the molecule is COc1cc(C=Cc2ccc(NC=CC(=O)c3ccccc3N)cc2)cc(OC)c1OC. The van der Waals surface area contributed by atoms with Crippen LogP contribution in [0.1, 0.15) is 21.5 Å². The fourth-order valence-corrected chi connectivity index (χ4v) is 3.11. The highest BCUT2D eigenvalue weighted by Gasteiger charge is 2.12. The smallest absolute Gasteiger partial charge is 0.203 e. The van der Waals surface area contributed by atoms with Gasteiger partial charge in [-0.1, -0.05) is 36.4 Å². The van der Waals surface area contributed by atoms with Crippen molar-refractivity contribution < 1.29 is 19.0 Å².